The van der Waals surface area contributed by atoms with E-state index in [-0.39, 0.29) is 11.3 Å². The summed E-state index contributed by atoms with van der Waals surface area (Å²) < 4.78 is 11.4. The van der Waals surface area contributed by atoms with Gasteiger partial charge in [0.1, 0.15) is 17.3 Å². The number of thiazole rings is 1. The van der Waals surface area contributed by atoms with Crippen molar-refractivity contribution in [1.29, 1.82) is 0 Å². The van der Waals surface area contributed by atoms with Crippen LogP contribution in [-0.4, -0.2) is 36.0 Å². The monoisotopic (exact) mass is 486 g/mol. The van der Waals surface area contributed by atoms with Gasteiger partial charge in [0.15, 0.2) is 5.13 Å². The molecule has 1 saturated heterocycles. The topological polar surface area (TPSA) is 89.0 Å². The van der Waals surface area contributed by atoms with Crippen molar-refractivity contribution in [3.05, 3.63) is 89.0 Å². The van der Waals surface area contributed by atoms with Gasteiger partial charge in [-0.15, -0.1) is 0 Å². The molecule has 1 fully saturated rings. The average Bonchev–Trinajstić information content (AvgIpc) is 3.41. The lowest BCUT2D eigenvalue weighted by Gasteiger charge is -2.23. The van der Waals surface area contributed by atoms with E-state index in [0.717, 1.165) is 15.8 Å². The summed E-state index contributed by atoms with van der Waals surface area (Å²) in [6.45, 7) is 1.98. The van der Waals surface area contributed by atoms with E-state index >= 15 is 0 Å². The van der Waals surface area contributed by atoms with Crippen molar-refractivity contribution in [1.82, 2.24) is 4.98 Å². The number of aromatic nitrogens is 1. The summed E-state index contributed by atoms with van der Waals surface area (Å²) in [5, 5.41) is 11.7. The summed E-state index contributed by atoms with van der Waals surface area (Å²) in [5.41, 5.74) is 2.81. The van der Waals surface area contributed by atoms with E-state index in [1.165, 1.54) is 23.3 Å². The Morgan fingerprint density at radius 3 is 2.43 bits per heavy atom. The molecule has 1 atom stereocenters. The summed E-state index contributed by atoms with van der Waals surface area (Å²) in [4.78, 5) is 32.7. The van der Waals surface area contributed by atoms with Gasteiger partial charge >= 0.3 is 5.91 Å². The predicted molar refractivity (Wildman–Crippen MR) is 135 cm³/mol. The predicted octanol–water partition coefficient (Wildman–Crippen LogP) is 5.25. The Morgan fingerprint density at radius 1 is 0.971 bits per heavy atom. The Labute approximate surface area is 205 Å². The molecule has 0 bridgehead atoms. The van der Waals surface area contributed by atoms with Crippen LogP contribution in [0.3, 0.4) is 0 Å². The van der Waals surface area contributed by atoms with E-state index in [2.05, 4.69) is 4.98 Å². The highest BCUT2D eigenvalue weighted by atomic mass is 32.1. The number of Topliss-reactive ketones (excluding diaryl/α,β-unsaturated/α-hetero) is 1. The number of amides is 1. The summed E-state index contributed by atoms with van der Waals surface area (Å²) in [5.74, 6) is -0.644. The zero-order chi connectivity index (χ0) is 24.7. The molecule has 35 heavy (non-hydrogen) atoms. The molecular weight excluding hydrogens is 464 g/mol. The number of hydrogen-bond donors (Lipinski definition) is 1. The van der Waals surface area contributed by atoms with Gasteiger partial charge < -0.3 is 14.6 Å². The fourth-order valence-corrected chi connectivity index (χ4v) is 5.27. The molecule has 5 rings (SSSR count). The second-order valence-electron chi connectivity index (χ2n) is 8.14. The lowest BCUT2D eigenvalue weighted by atomic mass is 9.95. The molecule has 1 N–H and O–H groups in total. The molecule has 0 spiro atoms. The largest absolute Gasteiger partial charge is 0.507 e. The Kier molecular flexibility index (Phi) is 5.74. The van der Waals surface area contributed by atoms with Crippen molar-refractivity contribution in [2.75, 3.05) is 19.1 Å². The van der Waals surface area contributed by atoms with E-state index in [1.807, 2.05) is 25.1 Å². The van der Waals surface area contributed by atoms with Gasteiger partial charge in [-0.3, -0.25) is 14.5 Å². The number of ketones is 1. The number of carbonyl (C=O) groups excluding carboxylic acids is 2. The van der Waals surface area contributed by atoms with Crippen molar-refractivity contribution >= 4 is 44.1 Å². The number of ether oxygens (including phenoxy) is 2. The zero-order valence-corrected chi connectivity index (χ0v) is 20.1. The first-order valence-corrected chi connectivity index (χ1v) is 11.7. The third kappa shape index (κ3) is 3.91. The highest BCUT2D eigenvalue weighted by Crippen LogP contribution is 2.44. The Hall–Kier alpha value is -4.17. The summed E-state index contributed by atoms with van der Waals surface area (Å²) >= 11 is 1.33. The molecule has 1 aromatic heterocycles. The molecule has 1 aliphatic rings. The van der Waals surface area contributed by atoms with Crippen LogP contribution in [0.25, 0.3) is 16.0 Å². The highest BCUT2D eigenvalue weighted by molar-refractivity contribution is 7.22. The van der Waals surface area contributed by atoms with Crippen molar-refractivity contribution < 1.29 is 24.2 Å². The minimum Gasteiger partial charge on any atom is -0.507 e. The number of fused-ring (bicyclic) bond motifs is 1. The zero-order valence-electron chi connectivity index (χ0n) is 19.3. The van der Waals surface area contributed by atoms with Crippen LogP contribution in [0.5, 0.6) is 11.5 Å². The molecule has 0 saturated carbocycles. The smallest absolute Gasteiger partial charge is 0.301 e. The van der Waals surface area contributed by atoms with Gasteiger partial charge in [0.2, 0.25) is 0 Å². The van der Waals surface area contributed by atoms with E-state index in [9.17, 15) is 14.7 Å². The normalized spacial score (nSPS) is 17.2. The quantitative estimate of drug-likeness (QED) is 0.236. The number of hydrogen-bond acceptors (Lipinski definition) is 7. The maximum atomic E-state index is 13.4. The van der Waals surface area contributed by atoms with Gasteiger partial charge in [0.25, 0.3) is 5.78 Å². The van der Waals surface area contributed by atoms with Gasteiger partial charge in [-0.1, -0.05) is 41.7 Å². The number of aryl methyl sites for hydroxylation is 1. The van der Waals surface area contributed by atoms with E-state index in [4.69, 9.17) is 9.47 Å². The first-order chi connectivity index (χ1) is 16.9. The number of aliphatic hydroxyl groups excluding tert-OH is 1. The second kappa shape index (κ2) is 8.88. The second-order valence-corrected chi connectivity index (χ2v) is 9.15. The standard InChI is InChI=1S/C27H22N2O5S/c1-15-7-12-20-21(13-15)35-27(28-20)29-23(16-8-10-18(33-2)11-9-16)22(25(31)26(29)32)24(30)17-5-4-6-19(14-17)34-3/h4-14,23,30H,1-3H3/b24-22+/t23-/m1/s1. The third-order valence-corrected chi connectivity index (χ3v) is 6.98. The minimum absolute atomic E-state index is 0.0103. The molecule has 0 unspecified atom stereocenters. The van der Waals surface area contributed by atoms with Crippen LogP contribution in [0, 0.1) is 6.92 Å². The maximum absolute atomic E-state index is 13.4. The fraction of sp³-hybridized carbons (Fsp3) is 0.148. The van der Waals surface area contributed by atoms with Crippen LogP contribution >= 0.6 is 11.3 Å². The van der Waals surface area contributed by atoms with Crippen LogP contribution < -0.4 is 14.4 Å². The van der Waals surface area contributed by atoms with Crippen LogP contribution in [0.2, 0.25) is 0 Å². The lowest BCUT2D eigenvalue weighted by molar-refractivity contribution is -0.132. The number of rotatable bonds is 5. The van der Waals surface area contributed by atoms with E-state index in [1.54, 1.807) is 55.6 Å². The van der Waals surface area contributed by atoms with Crippen molar-refractivity contribution in [3.8, 4) is 11.5 Å². The molecule has 7 nitrogen and oxygen atoms in total. The lowest BCUT2D eigenvalue weighted by Crippen LogP contribution is -2.29. The van der Waals surface area contributed by atoms with Gasteiger partial charge in [0.05, 0.1) is 36.1 Å². The minimum atomic E-state index is -0.867. The fourth-order valence-electron chi connectivity index (χ4n) is 4.18. The summed E-state index contributed by atoms with van der Waals surface area (Å²) in [6, 6.07) is 18.7. The molecule has 0 radical (unpaired) electrons. The summed E-state index contributed by atoms with van der Waals surface area (Å²) in [7, 11) is 3.08. The van der Waals surface area contributed by atoms with Crippen LogP contribution in [-0.2, 0) is 9.59 Å². The Morgan fingerprint density at radius 2 is 1.71 bits per heavy atom. The number of anilines is 1. The summed E-state index contributed by atoms with van der Waals surface area (Å²) in [6.07, 6.45) is 0. The third-order valence-electron chi connectivity index (χ3n) is 5.96. The van der Waals surface area contributed by atoms with Crippen molar-refractivity contribution in [2.24, 2.45) is 0 Å². The van der Waals surface area contributed by atoms with Gasteiger partial charge in [0, 0.05) is 5.56 Å². The van der Waals surface area contributed by atoms with Crippen LogP contribution in [0.4, 0.5) is 5.13 Å². The van der Waals surface area contributed by atoms with Crippen LogP contribution in [0.15, 0.2) is 72.3 Å². The molecule has 1 amide bonds. The first-order valence-electron chi connectivity index (χ1n) is 10.9. The SMILES string of the molecule is COc1ccc([C@@H]2/C(=C(\O)c3cccc(OC)c3)C(=O)C(=O)N2c2nc3ccc(C)cc3s2)cc1. The van der Waals surface area contributed by atoms with Crippen molar-refractivity contribution in [3.63, 3.8) is 0 Å². The molecule has 2 heterocycles. The number of nitrogens with zero attached hydrogens (tertiary/aromatic N) is 2. The van der Waals surface area contributed by atoms with E-state index in [0.29, 0.717) is 27.8 Å². The molecule has 176 valence electrons. The molecule has 3 aromatic carbocycles. The Bertz CT molecular complexity index is 1490. The Balaban J connectivity index is 1.72. The molecule has 8 heteroatoms. The first kappa shape index (κ1) is 22.6. The number of benzene rings is 3. The van der Waals surface area contributed by atoms with Gasteiger partial charge in [-0.2, -0.15) is 0 Å². The highest BCUT2D eigenvalue weighted by Gasteiger charge is 2.48. The number of carbonyl (C=O) groups is 2. The number of methoxy groups -OCH3 is 2. The van der Waals surface area contributed by atoms with Gasteiger partial charge in [-0.05, 0) is 54.4 Å². The maximum Gasteiger partial charge on any atom is 0.301 e. The van der Waals surface area contributed by atoms with Crippen LogP contribution in [0.1, 0.15) is 22.7 Å². The molecule has 4 aromatic rings. The molecule has 1 aliphatic heterocycles. The van der Waals surface area contributed by atoms with Crippen molar-refractivity contribution in [2.45, 2.75) is 13.0 Å². The average molecular weight is 487 g/mol. The molecular formula is C27H22N2O5S. The van der Waals surface area contributed by atoms with E-state index < -0.39 is 17.7 Å². The van der Waals surface area contributed by atoms with Gasteiger partial charge in [-0.25, -0.2) is 4.98 Å². The number of aliphatic hydroxyl groups is 1. The molecule has 0 aliphatic carbocycles.